The third-order valence-electron chi connectivity index (χ3n) is 2.72. The molecule has 0 aliphatic carbocycles. The maximum absolute atomic E-state index is 12.9. The van der Waals surface area contributed by atoms with Gasteiger partial charge in [-0.2, -0.15) is 0 Å². The van der Waals surface area contributed by atoms with E-state index in [1.54, 1.807) is 0 Å². The fourth-order valence-electron chi connectivity index (χ4n) is 1.59. The molecule has 0 spiro atoms. The van der Waals surface area contributed by atoms with Crippen molar-refractivity contribution in [1.82, 2.24) is 5.32 Å². The van der Waals surface area contributed by atoms with Crippen LogP contribution in [0.4, 0.5) is 4.39 Å². The maximum Gasteiger partial charge on any atom is 0.253 e. The Labute approximate surface area is 132 Å². The number of sulfone groups is 1. The van der Waals surface area contributed by atoms with Gasteiger partial charge in [0.2, 0.25) is 0 Å². The first-order valence-corrected chi connectivity index (χ1v) is 8.55. The second-order valence-electron chi connectivity index (χ2n) is 4.36. The van der Waals surface area contributed by atoms with Crippen molar-refractivity contribution in [3.05, 3.63) is 29.8 Å². The summed E-state index contributed by atoms with van der Waals surface area (Å²) in [5.74, 6) is -0.826. The van der Waals surface area contributed by atoms with Crippen LogP contribution in [0.3, 0.4) is 0 Å². The van der Waals surface area contributed by atoms with Crippen LogP contribution in [0.1, 0.15) is 11.7 Å². The Hall–Kier alpha value is -0.890. The second-order valence-corrected chi connectivity index (χ2v) is 7.47. The highest BCUT2D eigenvalue weighted by atomic mass is 35.5. The molecule has 1 aromatic carbocycles. The zero-order chi connectivity index (χ0) is 16.2. The molecular formula is C12H14Cl2FNO4S. The third-order valence-corrected chi connectivity index (χ3v) is 4.25. The highest BCUT2D eigenvalue weighted by molar-refractivity contribution is 7.90. The summed E-state index contributed by atoms with van der Waals surface area (Å²) in [6.07, 6.45) is -0.316. The smallest absolute Gasteiger partial charge is 0.253 e. The van der Waals surface area contributed by atoms with Crippen LogP contribution in [-0.2, 0) is 14.6 Å². The van der Waals surface area contributed by atoms with Crippen molar-refractivity contribution in [2.45, 2.75) is 21.9 Å². The number of halogens is 3. The van der Waals surface area contributed by atoms with Crippen molar-refractivity contribution in [2.75, 3.05) is 12.9 Å². The molecular weight excluding hydrogens is 344 g/mol. The van der Waals surface area contributed by atoms with Gasteiger partial charge in [-0.15, -0.1) is 0 Å². The zero-order valence-electron chi connectivity index (χ0n) is 11.0. The Morgan fingerprint density at radius 2 is 1.86 bits per heavy atom. The topological polar surface area (TPSA) is 83.5 Å². The van der Waals surface area contributed by atoms with E-state index >= 15 is 0 Å². The molecule has 5 nitrogen and oxygen atoms in total. The largest absolute Gasteiger partial charge is 0.386 e. The van der Waals surface area contributed by atoms with Gasteiger partial charge < -0.3 is 10.4 Å². The fourth-order valence-corrected chi connectivity index (χ4v) is 2.35. The average molecular weight is 358 g/mol. The Bertz CT molecular complexity index is 592. The molecule has 9 heteroatoms. The lowest BCUT2D eigenvalue weighted by molar-refractivity contribution is -0.121. The molecule has 0 unspecified atom stereocenters. The molecule has 0 saturated carbocycles. The predicted molar refractivity (Wildman–Crippen MR) is 77.9 cm³/mol. The molecule has 21 heavy (non-hydrogen) atoms. The molecule has 118 valence electrons. The molecule has 1 rings (SSSR count). The molecule has 0 fully saturated rings. The number of hydrogen-bond acceptors (Lipinski definition) is 4. The molecule has 2 atom stereocenters. The molecule has 0 aliphatic heterocycles. The summed E-state index contributed by atoms with van der Waals surface area (Å²) in [6, 6.07) is 4.03. The minimum Gasteiger partial charge on any atom is -0.386 e. The number of hydrogen-bond donors (Lipinski definition) is 2. The van der Waals surface area contributed by atoms with E-state index in [0.29, 0.717) is 0 Å². The molecule has 0 aliphatic rings. The van der Waals surface area contributed by atoms with Gasteiger partial charge in [0.1, 0.15) is 12.8 Å². The zero-order valence-corrected chi connectivity index (χ0v) is 13.3. The van der Waals surface area contributed by atoms with E-state index in [-0.39, 0.29) is 10.5 Å². The molecule has 0 heterocycles. The van der Waals surface area contributed by atoms with E-state index < -0.39 is 39.4 Å². The number of carbonyl (C=O) groups is 1. The van der Waals surface area contributed by atoms with Gasteiger partial charge >= 0.3 is 0 Å². The molecule has 1 amide bonds. The van der Waals surface area contributed by atoms with Crippen LogP contribution in [0.5, 0.6) is 0 Å². The highest BCUT2D eigenvalue weighted by Gasteiger charge is 2.25. The monoisotopic (exact) mass is 357 g/mol. The number of alkyl halides is 3. The summed E-state index contributed by atoms with van der Waals surface area (Å²) >= 11 is 10.7. The number of nitrogens with one attached hydrogen (secondary N) is 1. The summed E-state index contributed by atoms with van der Waals surface area (Å²) in [6.45, 7) is -1.04. The van der Waals surface area contributed by atoms with E-state index in [0.717, 1.165) is 6.26 Å². The lowest BCUT2D eigenvalue weighted by Crippen LogP contribution is -2.43. The van der Waals surface area contributed by atoms with Gasteiger partial charge in [0, 0.05) is 6.26 Å². The number of aliphatic hydroxyl groups is 1. The Morgan fingerprint density at radius 1 is 1.33 bits per heavy atom. The summed E-state index contributed by atoms with van der Waals surface area (Å²) in [5.41, 5.74) is 0.256. The third kappa shape index (κ3) is 5.10. The Kier molecular flexibility index (Phi) is 6.40. The van der Waals surface area contributed by atoms with Crippen molar-refractivity contribution >= 4 is 38.9 Å². The summed E-state index contributed by atoms with van der Waals surface area (Å²) in [7, 11) is -3.36. The number of aliphatic hydroxyl groups excluding tert-OH is 1. The van der Waals surface area contributed by atoms with Gasteiger partial charge in [-0.3, -0.25) is 4.79 Å². The maximum atomic E-state index is 12.9. The van der Waals surface area contributed by atoms with Gasteiger partial charge in [0.25, 0.3) is 5.91 Å². The fraction of sp³-hybridized carbons (Fsp3) is 0.417. The van der Waals surface area contributed by atoms with Crippen molar-refractivity contribution < 1.29 is 22.7 Å². The highest BCUT2D eigenvalue weighted by Crippen LogP contribution is 2.20. The SMILES string of the molecule is CS(=O)(=O)c1ccc([C@@H](O)[C@H](CF)NC(=O)C(Cl)Cl)cc1. The van der Waals surface area contributed by atoms with Crippen molar-refractivity contribution in [3.8, 4) is 0 Å². The Balaban J connectivity index is 2.90. The average Bonchev–Trinajstić information content (AvgIpc) is 2.42. The number of benzene rings is 1. The van der Waals surface area contributed by atoms with Crippen molar-refractivity contribution in [2.24, 2.45) is 0 Å². The van der Waals surface area contributed by atoms with Crippen molar-refractivity contribution in [3.63, 3.8) is 0 Å². The first kappa shape index (κ1) is 18.2. The Morgan fingerprint density at radius 3 is 2.24 bits per heavy atom. The van der Waals surface area contributed by atoms with Gasteiger partial charge in [-0.1, -0.05) is 35.3 Å². The number of amides is 1. The molecule has 0 bridgehead atoms. The van der Waals surface area contributed by atoms with Crippen LogP contribution < -0.4 is 5.32 Å². The molecule has 0 saturated heterocycles. The summed E-state index contributed by atoms with van der Waals surface area (Å²) < 4.78 is 35.6. The molecule has 1 aromatic rings. The van der Waals surface area contributed by atoms with E-state index in [2.05, 4.69) is 5.32 Å². The molecule has 2 N–H and O–H groups in total. The van der Waals surface area contributed by atoms with E-state index in [4.69, 9.17) is 23.2 Å². The number of rotatable bonds is 6. The number of carbonyl (C=O) groups excluding carboxylic acids is 1. The normalized spacial score (nSPS) is 14.8. The molecule has 0 aromatic heterocycles. The quantitative estimate of drug-likeness (QED) is 0.753. The lowest BCUT2D eigenvalue weighted by atomic mass is 10.0. The minimum absolute atomic E-state index is 0.0702. The van der Waals surface area contributed by atoms with Gasteiger partial charge in [0.15, 0.2) is 14.7 Å². The predicted octanol–water partition coefficient (Wildman–Crippen LogP) is 1.38. The lowest BCUT2D eigenvalue weighted by Gasteiger charge is -2.22. The van der Waals surface area contributed by atoms with Crippen LogP contribution >= 0.6 is 23.2 Å². The van der Waals surface area contributed by atoms with E-state index in [9.17, 15) is 22.7 Å². The van der Waals surface area contributed by atoms with Crippen LogP contribution in [0, 0.1) is 0 Å². The first-order valence-electron chi connectivity index (χ1n) is 5.79. The molecule has 0 radical (unpaired) electrons. The van der Waals surface area contributed by atoms with Gasteiger partial charge in [-0.05, 0) is 17.7 Å². The van der Waals surface area contributed by atoms with E-state index in [1.165, 1.54) is 24.3 Å². The minimum atomic E-state index is -3.36. The van der Waals surface area contributed by atoms with Gasteiger partial charge in [-0.25, -0.2) is 12.8 Å². The van der Waals surface area contributed by atoms with Crippen LogP contribution in [0.15, 0.2) is 29.2 Å². The second kappa shape index (κ2) is 7.40. The van der Waals surface area contributed by atoms with Crippen LogP contribution in [0.25, 0.3) is 0 Å². The van der Waals surface area contributed by atoms with Crippen LogP contribution in [-0.4, -0.2) is 43.2 Å². The summed E-state index contributed by atoms with van der Waals surface area (Å²) in [4.78, 5) is 10.00. The summed E-state index contributed by atoms with van der Waals surface area (Å²) in [5, 5.41) is 12.2. The standard InChI is InChI=1S/C12H14Cl2FNO4S/c1-21(19,20)8-4-2-7(3-5-8)10(17)9(6-15)16-12(18)11(13)14/h2-5,9-11,17H,6H2,1H3,(H,16,18)/t9-,10+/m0/s1. The first-order chi connectivity index (χ1) is 9.66. The van der Waals surface area contributed by atoms with Crippen LogP contribution in [0.2, 0.25) is 0 Å². The van der Waals surface area contributed by atoms with Gasteiger partial charge in [0.05, 0.1) is 10.9 Å². The van der Waals surface area contributed by atoms with E-state index in [1.807, 2.05) is 0 Å². The van der Waals surface area contributed by atoms with Crippen molar-refractivity contribution in [1.29, 1.82) is 0 Å².